The molecule has 2 heterocycles. The van der Waals surface area contributed by atoms with Crippen molar-refractivity contribution in [1.82, 2.24) is 4.98 Å². The first-order valence-electron chi connectivity index (χ1n) is 4.24. The predicted molar refractivity (Wildman–Crippen MR) is 47.4 cm³/mol. The van der Waals surface area contributed by atoms with Gasteiger partial charge in [-0.2, -0.15) is 0 Å². The normalized spacial score (nSPS) is 27.5. The van der Waals surface area contributed by atoms with E-state index in [1.54, 1.807) is 12.4 Å². The van der Waals surface area contributed by atoms with Crippen LogP contribution in [0.25, 0.3) is 0 Å². The van der Waals surface area contributed by atoms with Crippen LogP contribution < -0.4 is 5.32 Å². The summed E-state index contributed by atoms with van der Waals surface area (Å²) in [4.78, 5) is 3.87. The summed E-state index contributed by atoms with van der Waals surface area (Å²) in [5.74, 6) is 0. The van der Waals surface area contributed by atoms with Crippen LogP contribution in [0.3, 0.4) is 0 Å². The van der Waals surface area contributed by atoms with Crippen molar-refractivity contribution < 1.29 is 9.13 Å². The number of pyridine rings is 1. The molecule has 0 saturated carbocycles. The minimum Gasteiger partial charge on any atom is -0.377 e. The summed E-state index contributed by atoms with van der Waals surface area (Å²) >= 11 is 0. The highest BCUT2D eigenvalue weighted by Crippen LogP contribution is 2.15. The molecule has 0 amide bonds. The van der Waals surface area contributed by atoms with Crippen LogP contribution in [0.4, 0.5) is 10.1 Å². The van der Waals surface area contributed by atoms with Crippen LogP contribution in [0.1, 0.15) is 0 Å². The third-order valence-electron chi connectivity index (χ3n) is 2.04. The third kappa shape index (κ3) is 1.95. The molecule has 1 fully saturated rings. The van der Waals surface area contributed by atoms with E-state index < -0.39 is 6.17 Å². The van der Waals surface area contributed by atoms with E-state index in [0.29, 0.717) is 6.61 Å². The highest BCUT2D eigenvalue weighted by molar-refractivity contribution is 5.42. The van der Waals surface area contributed by atoms with Crippen LogP contribution in [0.15, 0.2) is 24.5 Å². The number of nitrogens with zero attached hydrogens (tertiary/aromatic N) is 1. The van der Waals surface area contributed by atoms with Crippen LogP contribution in [-0.2, 0) is 4.74 Å². The molecule has 0 radical (unpaired) electrons. The van der Waals surface area contributed by atoms with Gasteiger partial charge in [0.2, 0.25) is 0 Å². The predicted octanol–water partition coefficient (Wildman–Crippen LogP) is 1.23. The number of hydrogen-bond donors (Lipinski definition) is 1. The van der Waals surface area contributed by atoms with E-state index in [0.717, 1.165) is 5.69 Å². The average Bonchev–Trinajstić information content (AvgIpc) is 2.54. The monoisotopic (exact) mass is 182 g/mol. The summed E-state index contributed by atoms with van der Waals surface area (Å²) in [5.41, 5.74) is 0.883. The lowest BCUT2D eigenvalue weighted by Crippen LogP contribution is -2.28. The van der Waals surface area contributed by atoms with Crippen molar-refractivity contribution in [3.63, 3.8) is 0 Å². The Morgan fingerprint density at radius 2 is 2.15 bits per heavy atom. The molecule has 70 valence electrons. The molecule has 1 N–H and O–H groups in total. The number of hydrogen-bond acceptors (Lipinski definition) is 3. The van der Waals surface area contributed by atoms with E-state index in [4.69, 9.17) is 4.74 Å². The maximum atomic E-state index is 13.1. The SMILES string of the molecule is FC1COCC1Nc1ccncc1. The highest BCUT2D eigenvalue weighted by Gasteiger charge is 2.27. The van der Waals surface area contributed by atoms with Crippen LogP contribution in [-0.4, -0.2) is 30.4 Å². The van der Waals surface area contributed by atoms with Gasteiger partial charge in [0.1, 0.15) is 6.17 Å². The van der Waals surface area contributed by atoms with E-state index in [1.807, 2.05) is 12.1 Å². The van der Waals surface area contributed by atoms with Crippen LogP contribution in [0, 0.1) is 0 Å². The zero-order valence-electron chi connectivity index (χ0n) is 7.11. The van der Waals surface area contributed by atoms with Crippen molar-refractivity contribution >= 4 is 5.69 Å². The highest BCUT2D eigenvalue weighted by atomic mass is 19.1. The van der Waals surface area contributed by atoms with Crippen molar-refractivity contribution in [3.05, 3.63) is 24.5 Å². The molecule has 0 bridgehead atoms. The zero-order chi connectivity index (χ0) is 9.10. The number of halogens is 1. The molecule has 0 aromatic carbocycles. The van der Waals surface area contributed by atoms with Gasteiger partial charge in [0.15, 0.2) is 0 Å². The average molecular weight is 182 g/mol. The molecule has 13 heavy (non-hydrogen) atoms. The second-order valence-electron chi connectivity index (χ2n) is 3.04. The Bertz CT molecular complexity index is 268. The largest absolute Gasteiger partial charge is 0.377 e. The Labute approximate surface area is 75.9 Å². The zero-order valence-corrected chi connectivity index (χ0v) is 7.11. The smallest absolute Gasteiger partial charge is 0.146 e. The standard InChI is InChI=1S/C9H11FN2O/c10-8-5-13-6-9(8)12-7-1-3-11-4-2-7/h1-4,8-9H,5-6H2,(H,11,12). The summed E-state index contributed by atoms with van der Waals surface area (Å²) < 4.78 is 18.1. The van der Waals surface area contributed by atoms with Gasteiger partial charge in [0, 0.05) is 18.1 Å². The Hall–Kier alpha value is -1.16. The van der Waals surface area contributed by atoms with Crippen LogP contribution in [0.5, 0.6) is 0 Å². The Kier molecular flexibility index (Phi) is 2.40. The number of aromatic nitrogens is 1. The number of nitrogens with one attached hydrogen (secondary N) is 1. The van der Waals surface area contributed by atoms with Gasteiger partial charge in [0.25, 0.3) is 0 Å². The summed E-state index contributed by atoms with van der Waals surface area (Å²) in [6, 6.07) is 3.40. The van der Waals surface area contributed by atoms with Crippen molar-refractivity contribution in [2.24, 2.45) is 0 Å². The van der Waals surface area contributed by atoms with Crippen LogP contribution >= 0.6 is 0 Å². The summed E-state index contributed by atoms with van der Waals surface area (Å²) in [5, 5.41) is 3.05. The Morgan fingerprint density at radius 1 is 1.38 bits per heavy atom. The van der Waals surface area contributed by atoms with E-state index in [9.17, 15) is 4.39 Å². The number of anilines is 1. The summed E-state index contributed by atoms with van der Waals surface area (Å²) in [7, 11) is 0. The molecule has 1 aromatic rings. The van der Waals surface area contributed by atoms with E-state index >= 15 is 0 Å². The number of ether oxygens (including phenoxy) is 1. The summed E-state index contributed by atoms with van der Waals surface area (Å²) in [6.45, 7) is 0.631. The topological polar surface area (TPSA) is 34.1 Å². The molecule has 1 aromatic heterocycles. The fourth-order valence-electron chi connectivity index (χ4n) is 1.32. The van der Waals surface area contributed by atoms with Gasteiger partial charge in [-0.05, 0) is 12.1 Å². The Morgan fingerprint density at radius 3 is 2.77 bits per heavy atom. The maximum Gasteiger partial charge on any atom is 0.146 e. The second-order valence-corrected chi connectivity index (χ2v) is 3.04. The van der Waals surface area contributed by atoms with Crippen molar-refractivity contribution in [3.8, 4) is 0 Å². The van der Waals surface area contributed by atoms with Gasteiger partial charge in [-0.3, -0.25) is 4.98 Å². The Balaban J connectivity index is 1.98. The minimum absolute atomic E-state index is 0.197. The third-order valence-corrected chi connectivity index (χ3v) is 2.04. The van der Waals surface area contributed by atoms with Gasteiger partial charge < -0.3 is 10.1 Å². The van der Waals surface area contributed by atoms with Gasteiger partial charge in [-0.15, -0.1) is 0 Å². The lowest BCUT2D eigenvalue weighted by Gasteiger charge is -2.13. The fraction of sp³-hybridized carbons (Fsp3) is 0.444. The van der Waals surface area contributed by atoms with Gasteiger partial charge in [-0.25, -0.2) is 4.39 Å². The van der Waals surface area contributed by atoms with Gasteiger partial charge >= 0.3 is 0 Å². The maximum absolute atomic E-state index is 13.1. The molecule has 2 unspecified atom stereocenters. The van der Waals surface area contributed by atoms with Crippen LogP contribution in [0.2, 0.25) is 0 Å². The van der Waals surface area contributed by atoms with Gasteiger partial charge in [0.05, 0.1) is 19.3 Å². The molecule has 1 saturated heterocycles. The molecule has 2 atom stereocenters. The molecule has 0 aliphatic carbocycles. The molecule has 0 spiro atoms. The minimum atomic E-state index is -0.909. The molecular weight excluding hydrogens is 171 g/mol. The number of alkyl halides is 1. The fourth-order valence-corrected chi connectivity index (χ4v) is 1.32. The lowest BCUT2D eigenvalue weighted by atomic mass is 10.2. The first-order valence-corrected chi connectivity index (χ1v) is 4.24. The molecule has 1 aliphatic rings. The molecular formula is C9H11FN2O. The van der Waals surface area contributed by atoms with Crippen molar-refractivity contribution in [2.75, 3.05) is 18.5 Å². The first kappa shape index (κ1) is 8.44. The quantitative estimate of drug-likeness (QED) is 0.747. The molecule has 2 rings (SSSR count). The van der Waals surface area contributed by atoms with E-state index in [1.165, 1.54) is 0 Å². The molecule has 3 nitrogen and oxygen atoms in total. The van der Waals surface area contributed by atoms with Crippen molar-refractivity contribution in [2.45, 2.75) is 12.2 Å². The molecule has 1 aliphatic heterocycles. The summed E-state index contributed by atoms with van der Waals surface area (Å²) in [6.07, 6.45) is 2.43. The lowest BCUT2D eigenvalue weighted by molar-refractivity contribution is 0.173. The second kappa shape index (κ2) is 3.70. The van der Waals surface area contributed by atoms with Gasteiger partial charge in [-0.1, -0.05) is 0 Å². The first-order chi connectivity index (χ1) is 6.36. The van der Waals surface area contributed by atoms with E-state index in [-0.39, 0.29) is 12.6 Å². The molecule has 4 heteroatoms. The number of rotatable bonds is 2. The van der Waals surface area contributed by atoms with E-state index in [2.05, 4.69) is 10.3 Å². The van der Waals surface area contributed by atoms with Crippen molar-refractivity contribution in [1.29, 1.82) is 0 Å².